The molecule has 1 unspecified atom stereocenters. The van der Waals surface area contributed by atoms with Crippen molar-refractivity contribution in [2.45, 2.75) is 5.06 Å². The van der Waals surface area contributed by atoms with Crippen molar-refractivity contribution < 1.29 is 9.90 Å². The third-order valence-corrected chi connectivity index (χ3v) is 5.52. The number of hydrogen-bond donors (Lipinski definition) is 1. The summed E-state index contributed by atoms with van der Waals surface area (Å²) in [6.07, 6.45) is 0. The van der Waals surface area contributed by atoms with E-state index in [-0.39, 0.29) is 36.2 Å². The third kappa shape index (κ3) is 3.07. The Bertz CT molecular complexity index is 714. The summed E-state index contributed by atoms with van der Waals surface area (Å²) in [4.78, 5) is 12.5. The van der Waals surface area contributed by atoms with Gasteiger partial charge in [0.2, 0.25) is 10.8 Å². The first-order valence-electron chi connectivity index (χ1n) is 5.72. The molecule has 22 heavy (non-hydrogen) atoms. The molecule has 0 saturated heterocycles. The van der Waals surface area contributed by atoms with E-state index < -0.39 is 10.8 Å². The molecule has 0 aliphatic rings. The minimum absolute atomic E-state index is 0.0956. The summed E-state index contributed by atoms with van der Waals surface area (Å²) < 4.78 is 0. The number of ketones is 1. The van der Waals surface area contributed by atoms with Crippen LogP contribution in [0.4, 0.5) is 0 Å². The minimum Gasteiger partial charge on any atom is -0.365 e. The Hall–Kier alpha value is -0.190. The van der Waals surface area contributed by atoms with Crippen molar-refractivity contribution in [3.8, 4) is 0 Å². The molecule has 0 radical (unpaired) electrons. The van der Waals surface area contributed by atoms with Crippen molar-refractivity contribution in [1.29, 1.82) is 0 Å². The maximum absolute atomic E-state index is 12.5. The average Bonchev–Trinajstić information content (AvgIpc) is 2.51. The molecule has 0 heterocycles. The summed E-state index contributed by atoms with van der Waals surface area (Å²) >= 11 is 35.8. The van der Waals surface area contributed by atoms with E-state index in [1.165, 1.54) is 12.1 Å². The number of alkyl halides is 1. The van der Waals surface area contributed by atoms with Crippen molar-refractivity contribution in [2.24, 2.45) is 0 Å². The van der Waals surface area contributed by atoms with Gasteiger partial charge in [0.15, 0.2) is 0 Å². The molecule has 0 aliphatic carbocycles. The first-order chi connectivity index (χ1) is 10.2. The van der Waals surface area contributed by atoms with Crippen molar-refractivity contribution in [1.82, 2.24) is 0 Å². The van der Waals surface area contributed by atoms with Gasteiger partial charge in [-0.05, 0) is 0 Å². The highest BCUT2D eigenvalue weighted by atomic mass is 35.5. The molecule has 2 rings (SSSR count). The fourth-order valence-corrected chi connectivity index (χ4v) is 3.60. The van der Waals surface area contributed by atoms with Crippen LogP contribution in [-0.2, 0) is 5.06 Å². The summed E-state index contributed by atoms with van der Waals surface area (Å²) in [5.41, 5.74) is -0.153. The predicted molar refractivity (Wildman–Crippen MR) is 92.0 cm³/mol. The lowest BCUT2D eigenvalue weighted by atomic mass is 9.99. The Kier molecular flexibility index (Phi) is 5.56. The zero-order valence-corrected chi connectivity index (χ0v) is 15.0. The lowest BCUT2D eigenvalue weighted by Gasteiger charge is -2.24. The second-order valence-corrected chi connectivity index (χ2v) is 6.70. The number of carbonyl (C=O) groups excluding carboxylic acids is 1. The summed E-state index contributed by atoms with van der Waals surface area (Å²) in [6, 6.07) is 7.91. The lowest BCUT2D eigenvalue weighted by molar-refractivity contribution is 0.0636. The molecule has 1 atom stereocenters. The molecule has 2 aromatic rings. The molecule has 0 aliphatic heterocycles. The van der Waals surface area contributed by atoms with Gasteiger partial charge in [-0.15, -0.1) is 0 Å². The number of aliphatic hydroxyl groups is 1. The second-order valence-electron chi connectivity index (χ2n) is 4.26. The first kappa shape index (κ1) is 18.2. The van der Waals surface area contributed by atoms with E-state index in [0.29, 0.717) is 0 Å². The van der Waals surface area contributed by atoms with E-state index >= 15 is 0 Å². The topological polar surface area (TPSA) is 37.3 Å². The number of carbonyl (C=O) groups is 1. The summed E-state index contributed by atoms with van der Waals surface area (Å²) in [5.74, 6) is -0.826. The van der Waals surface area contributed by atoms with E-state index in [1.807, 2.05) is 0 Å². The standard InChI is InChI=1S/C14H6Cl6O2/c15-8-7(9(16)11(18)12(19)10(8)17)14(20,22)13(21)6-4-2-1-3-5-6/h1-5,22H. The highest BCUT2D eigenvalue weighted by Gasteiger charge is 2.42. The van der Waals surface area contributed by atoms with Crippen molar-refractivity contribution in [3.63, 3.8) is 0 Å². The van der Waals surface area contributed by atoms with Gasteiger partial charge < -0.3 is 5.11 Å². The maximum Gasteiger partial charge on any atom is 0.231 e. The summed E-state index contributed by atoms with van der Waals surface area (Å²) in [7, 11) is 0. The molecular weight excluding hydrogens is 413 g/mol. The highest BCUT2D eigenvalue weighted by molar-refractivity contribution is 6.56. The first-order valence-corrected chi connectivity index (χ1v) is 7.99. The fraction of sp³-hybridized carbons (Fsp3) is 0.0714. The van der Waals surface area contributed by atoms with Crippen LogP contribution in [0.5, 0.6) is 0 Å². The molecule has 8 heteroatoms. The van der Waals surface area contributed by atoms with Crippen LogP contribution in [0.15, 0.2) is 30.3 Å². The van der Waals surface area contributed by atoms with E-state index in [0.717, 1.165) is 0 Å². The number of halogens is 6. The number of Topliss-reactive ketones (excluding diaryl/α,β-unsaturated/α-hetero) is 1. The van der Waals surface area contributed by atoms with Crippen LogP contribution in [0.25, 0.3) is 0 Å². The van der Waals surface area contributed by atoms with Gasteiger partial charge in [0.1, 0.15) is 0 Å². The van der Waals surface area contributed by atoms with Crippen molar-refractivity contribution in [2.75, 3.05) is 0 Å². The Morgan fingerprint density at radius 3 is 1.68 bits per heavy atom. The van der Waals surface area contributed by atoms with E-state index in [9.17, 15) is 9.90 Å². The summed E-state index contributed by atoms with van der Waals surface area (Å²) in [5, 5.41) is 7.04. The largest absolute Gasteiger partial charge is 0.365 e. The van der Waals surface area contributed by atoms with Gasteiger partial charge in [0, 0.05) is 11.1 Å². The smallest absolute Gasteiger partial charge is 0.231 e. The van der Waals surface area contributed by atoms with Crippen LogP contribution in [0, 0.1) is 0 Å². The zero-order valence-electron chi connectivity index (χ0n) is 10.5. The highest BCUT2D eigenvalue weighted by Crippen LogP contribution is 2.49. The second kappa shape index (κ2) is 6.74. The Morgan fingerprint density at radius 2 is 1.23 bits per heavy atom. The molecular formula is C14H6Cl6O2. The SMILES string of the molecule is O=C(c1ccccc1)C(O)(Cl)c1c(Cl)c(Cl)c(Cl)c(Cl)c1Cl. The van der Waals surface area contributed by atoms with E-state index in [1.54, 1.807) is 18.2 Å². The molecule has 2 aromatic carbocycles. The van der Waals surface area contributed by atoms with Crippen molar-refractivity contribution in [3.05, 3.63) is 66.6 Å². The van der Waals surface area contributed by atoms with Crippen LogP contribution in [0.1, 0.15) is 15.9 Å². The maximum atomic E-state index is 12.5. The van der Waals surface area contributed by atoms with Gasteiger partial charge in [-0.25, -0.2) is 0 Å². The average molecular weight is 419 g/mol. The quantitative estimate of drug-likeness (QED) is 0.278. The van der Waals surface area contributed by atoms with Gasteiger partial charge in [0.05, 0.1) is 25.1 Å². The van der Waals surface area contributed by atoms with Crippen LogP contribution in [0.2, 0.25) is 25.1 Å². The molecule has 0 fully saturated rings. The zero-order chi connectivity index (χ0) is 16.7. The molecule has 1 N–H and O–H groups in total. The van der Waals surface area contributed by atoms with E-state index in [4.69, 9.17) is 69.6 Å². The number of benzene rings is 2. The Balaban J connectivity index is 2.67. The molecule has 0 spiro atoms. The van der Waals surface area contributed by atoms with Crippen LogP contribution < -0.4 is 0 Å². The molecule has 0 aromatic heterocycles. The normalized spacial score (nSPS) is 13.8. The van der Waals surface area contributed by atoms with Gasteiger partial charge in [0.25, 0.3) is 0 Å². The minimum atomic E-state index is -2.55. The lowest BCUT2D eigenvalue weighted by Crippen LogP contribution is -2.30. The summed E-state index contributed by atoms with van der Waals surface area (Å²) in [6.45, 7) is 0. The van der Waals surface area contributed by atoms with E-state index in [2.05, 4.69) is 0 Å². The van der Waals surface area contributed by atoms with Gasteiger partial charge in [-0.2, -0.15) is 0 Å². The van der Waals surface area contributed by atoms with Gasteiger partial charge >= 0.3 is 0 Å². The van der Waals surface area contributed by atoms with Crippen LogP contribution in [-0.4, -0.2) is 10.9 Å². The fourth-order valence-electron chi connectivity index (χ4n) is 1.79. The van der Waals surface area contributed by atoms with Crippen LogP contribution >= 0.6 is 69.6 Å². The van der Waals surface area contributed by atoms with Gasteiger partial charge in [-0.3, -0.25) is 4.79 Å². The number of hydrogen-bond acceptors (Lipinski definition) is 2. The molecule has 0 bridgehead atoms. The molecule has 116 valence electrons. The molecule has 2 nitrogen and oxygen atoms in total. The Labute approximate surface area is 156 Å². The monoisotopic (exact) mass is 416 g/mol. The Morgan fingerprint density at radius 1 is 0.818 bits per heavy atom. The predicted octanol–water partition coefficient (Wildman–Crippen LogP) is 6.22. The molecule has 0 amide bonds. The molecule has 0 saturated carbocycles. The third-order valence-electron chi connectivity index (χ3n) is 2.88. The number of rotatable bonds is 3. The van der Waals surface area contributed by atoms with Crippen LogP contribution in [0.3, 0.4) is 0 Å². The van der Waals surface area contributed by atoms with Crippen molar-refractivity contribution >= 4 is 75.4 Å². The van der Waals surface area contributed by atoms with Gasteiger partial charge in [-0.1, -0.05) is 99.9 Å².